The number of hydrogen-bond donors (Lipinski definition) is 2. The van der Waals surface area contributed by atoms with Crippen LogP contribution in [0.4, 0.5) is 0 Å². The Morgan fingerprint density at radius 2 is 2.40 bits per heavy atom. The summed E-state index contributed by atoms with van der Waals surface area (Å²) in [5.41, 5.74) is 5.40. The van der Waals surface area contributed by atoms with Crippen molar-refractivity contribution in [2.75, 3.05) is 6.54 Å². The summed E-state index contributed by atoms with van der Waals surface area (Å²) in [6, 6.07) is 4.12. The number of amides is 1. The third-order valence-electron chi connectivity index (χ3n) is 1.94. The molecule has 0 aliphatic heterocycles. The lowest BCUT2D eigenvalue weighted by atomic mass is 10.2. The number of nitrogens with two attached hydrogens (primary N) is 1. The smallest absolute Gasteiger partial charge is 0.220 e. The maximum absolute atomic E-state index is 11.3. The Hall–Kier alpha value is -0.580. The molecule has 1 aromatic rings. The fourth-order valence-corrected chi connectivity index (χ4v) is 1.81. The summed E-state index contributed by atoms with van der Waals surface area (Å²) in [6.07, 6.45) is 1.37. The molecule has 86 valence electrons. The van der Waals surface area contributed by atoms with Gasteiger partial charge in [-0.3, -0.25) is 4.79 Å². The second-order valence-corrected chi connectivity index (χ2v) is 4.32. The van der Waals surface area contributed by atoms with Crippen molar-refractivity contribution in [2.24, 2.45) is 5.73 Å². The lowest BCUT2D eigenvalue weighted by Gasteiger charge is -2.10. The van der Waals surface area contributed by atoms with Gasteiger partial charge in [0.05, 0.1) is 0 Å². The number of halogens is 1. The van der Waals surface area contributed by atoms with Crippen molar-refractivity contribution in [3.05, 3.63) is 22.4 Å². The van der Waals surface area contributed by atoms with Gasteiger partial charge in [0.15, 0.2) is 0 Å². The first-order valence-corrected chi connectivity index (χ1v) is 5.62. The molecule has 1 atom stereocenters. The molecule has 0 aliphatic rings. The molecule has 0 radical (unpaired) electrons. The summed E-state index contributed by atoms with van der Waals surface area (Å²) in [7, 11) is 0. The van der Waals surface area contributed by atoms with E-state index in [0.29, 0.717) is 13.0 Å². The van der Waals surface area contributed by atoms with E-state index in [0.717, 1.165) is 6.42 Å². The zero-order valence-electron chi connectivity index (χ0n) is 8.73. The first-order valence-electron chi connectivity index (χ1n) is 4.74. The lowest BCUT2D eigenvalue weighted by Crippen LogP contribution is -2.37. The molecule has 1 rings (SSSR count). The van der Waals surface area contributed by atoms with Gasteiger partial charge in [0.1, 0.15) is 0 Å². The van der Waals surface area contributed by atoms with E-state index in [4.69, 9.17) is 5.73 Å². The molecule has 0 aromatic carbocycles. The molecule has 5 heteroatoms. The minimum Gasteiger partial charge on any atom is -0.352 e. The normalized spacial score (nSPS) is 11.6. The second-order valence-electron chi connectivity index (χ2n) is 3.28. The van der Waals surface area contributed by atoms with E-state index in [2.05, 4.69) is 5.32 Å². The number of hydrogen-bond acceptors (Lipinski definition) is 3. The number of carbonyl (C=O) groups is 1. The zero-order valence-corrected chi connectivity index (χ0v) is 10.4. The van der Waals surface area contributed by atoms with Crippen molar-refractivity contribution < 1.29 is 4.79 Å². The van der Waals surface area contributed by atoms with Gasteiger partial charge in [-0.2, -0.15) is 0 Å². The molecule has 1 aromatic heterocycles. The average Bonchev–Trinajstić information content (AvgIpc) is 2.67. The van der Waals surface area contributed by atoms with Gasteiger partial charge in [0.2, 0.25) is 5.91 Å². The highest BCUT2D eigenvalue weighted by molar-refractivity contribution is 7.09. The van der Waals surface area contributed by atoms with Crippen molar-refractivity contribution in [2.45, 2.75) is 25.8 Å². The van der Waals surface area contributed by atoms with Crippen LogP contribution in [0.1, 0.15) is 18.2 Å². The fraction of sp³-hybridized carbons (Fsp3) is 0.500. The van der Waals surface area contributed by atoms with Crippen molar-refractivity contribution in [1.29, 1.82) is 0 Å². The Bertz CT molecular complexity index is 277. The van der Waals surface area contributed by atoms with Crippen molar-refractivity contribution >= 4 is 29.7 Å². The molecule has 0 saturated carbocycles. The minimum atomic E-state index is 0. The highest BCUT2D eigenvalue weighted by Gasteiger charge is 2.05. The van der Waals surface area contributed by atoms with Crippen LogP contribution >= 0.6 is 23.7 Å². The molecule has 0 aliphatic carbocycles. The molecule has 1 heterocycles. The largest absolute Gasteiger partial charge is 0.352 e. The van der Waals surface area contributed by atoms with Gasteiger partial charge in [0, 0.05) is 23.9 Å². The molecule has 15 heavy (non-hydrogen) atoms. The average molecular weight is 249 g/mol. The first kappa shape index (κ1) is 14.4. The van der Waals surface area contributed by atoms with Crippen LogP contribution in [-0.4, -0.2) is 18.5 Å². The Kier molecular flexibility index (Phi) is 7.38. The van der Waals surface area contributed by atoms with E-state index in [-0.39, 0.29) is 24.4 Å². The van der Waals surface area contributed by atoms with E-state index in [1.54, 1.807) is 11.3 Å². The van der Waals surface area contributed by atoms with Gasteiger partial charge in [0.25, 0.3) is 0 Å². The summed E-state index contributed by atoms with van der Waals surface area (Å²) in [5, 5.41) is 4.86. The van der Waals surface area contributed by atoms with Crippen LogP contribution in [-0.2, 0) is 11.2 Å². The maximum atomic E-state index is 11.3. The zero-order chi connectivity index (χ0) is 10.4. The minimum absolute atomic E-state index is 0. The van der Waals surface area contributed by atoms with Crippen molar-refractivity contribution in [3.8, 4) is 0 Å². The van der Waals surface area contributed by atoms with Crippen LogP contribution in [0.2, 0.25) is 0 Å². The SMILES string of the molecule is C[C@@H](CN)NC(=O)CCc1cccs1.Cl. The van der Waals surface area contributed by atoms with Gasteiger partial charge in [-0.1, -0.05) is 6.07 Å². The summed E-state index contributed by atoms with van der Waals surface area (Å²) in [6.45, 7) is 2.40. The second kappa shape index (κ2) is 7.68. The molecule has 1 amide bonds. The number of nitrogens with one attached hydrogen (secondary N) is 1. The van der Waals surface area contributed by atoms with Crippen molar-refractivity contribution in [1.82, 2.24) is 5.32 Å². The van der Waals surface area contributed by atoms with E-state index < -0.39 is 0 Å². The number of rotatable bonds is 5. The molecule has 0 bridgehead atoms. The van der Waals surface area contributed by atoms with E-state index in [1.807, 2.05) is 24.4 Å². The fourth-order valence-electron chi connectivity index (χ4n) is 1.10. The molecule has 3 nitrogen and oxygen atoms in total. The Labute approximate surface area is 100 Å². The summed E-state index contributed by atoms with van der Waals surface area (Å²) in [5.74, 6) is 0.0800. The van der Waals surface area contributed by atoms with E-state index in [1.165, 1.54) is 4.88 Å². The third-order valence-corrected chi connectivity index (χ3v) is 2.88. The molecular formula is C10H17ClN2OS. The molecule has 0 fully saturated rings. The van der Waals surface area contributed by atoms with E-state index >= 15 is 0 Å². The van der Waals surface area contributed by atoms with E-state index in [9.17, 15) is 4.79 Å². The predicted molar refractivity (Wildman–Crippen MR) is 66.5 cm³/mol. The highest BCUT2D eigenvalue weighted by atomic mass is 35.5. The lowest BCUT2D eigenvalue weighted by molar-refractivity contribution is -0.121. The molecule has 0 saturated heterocycles. The van der Waals surface area contributed by atoms with Gasteiger partial charge in [-0.15, -0.1) is 23.7 Å². The molecule has 0 unspecified atom stereocenters. The van der Waals surface area contributed by atoms with Crippen LogP contribution in [0.3, 0.4) is 0 Å². The number of aryl methyl sites for hydroxylation is 1. The third kappa shape index (κ3) is 5.77. The Morgan fingerprint density at radius 3 is 2.93 bits per heavy atom. The topological polar surface area (TPSA) is 55.1 Å². The first-order chi connectivity index (χ1) is 6.72. The summed E-state index contributed by atoms with van der Waals surface area (Å²) in [4.78, 5) is 12.6. The molecule has 3 N–H and O–H groups in total. The van der Waals surface area contributed by atoms with Crippen LogP contribution < -0.4 is 11.1 Å². The van der Waals surface area contributed by atoms with Crippen LogP contribution in [0.15, 0.2) is 17.5 Å². The van der Waals surface area contributed by atoms with Gasteiger partial charge >= 0.3 is 0 Å². The summed E-state index contributed by atoms with van der Waals surface area (Å²) < 4.78 is 0. The number of carbonyl (C=O) groups excluding carboxylic acids is 1. The Morgan fingerprint density at radius 1 is 1.67 bits per heavy atom. The Balaban J connectivity index is 0.00000196. The van der Waals surface area contributed by atoms with Crippen LogP contribution in [0.5, 0.6) is 0 Å². The number of thiophene rings is 1. The molecule has 0 spiro atoms. The van der Waals surface area contributed by atoms with Gasteiger partial charge in [-0.25, -0.2) is 0 Å². The monoisotopic (exact) mass is 248 g/mol. The van der Waals surface area contributed by atoms with Crippen LogP contribution in [0, 0.1) is 0 Å². The maximum Gasteiger partial charge on any atom is 0.220 e. The highest BCUT2D eigenvalue weighted by Crippen LogP contribution is 2.10. The quantitative estimate of drug-likeness (QED) is 0.831. The molecular weight excluding hydrogens is 232 g/mol. The van der Waals surface area contributed by atoms with Gasteiger partial charge < -0.3 is 11.1 Å². The standard InChI is InChI=1S/C10H16N2OS.ClH/c1-8(7-11)12-10(13)5-4-9-3-2-6-14-9;/h2-3,6,8H,4-5,7,11H2,1H3,(H,12,13);1H/t8-;/m0./s1. The van der Waals surface area contributed by atoms with Crippen LogP contribution in [0.25, 0.3) is 0 Å². The summed E-state index contributed by atoms with van der Waals surface area (Å²) >= 11 is 1.68. The predicted octanol–water partition coefficient (Wildman–Crippen LogP) is 1.57. The van der Waals surface area contributed by atoms with Gasteiger partial charge in [-0.05, 0) is 24.8 Å². The van der Waals surface area contributed by atoms with Crippen molar-refractivity contribution in [3.63, 3.8) is 0 Å².